The third-order valence-electron chi connectivity index (χ3n) is 5.09. The summed E-state index contributed by atoms with van der Waals surface area (Å²) in [4.78, 5) is 23.4. The van der Waals surface area contributed by atoms with E-state index in [2.05, 4.69) is 5.10 Å². The second kappa shape index (κ2) is 7.55. The molecule has 0 bridgehead atoms. The van der Waals surface area contributed by atoms with Crippen LogP contribution >= 0.6 is 0 Å². The van der Waals surface area contributed by atoms with Crippen LogP contribution in [0, 0.1) is 11.3 Å². The summed E-state index contributed by atoms with van der Waals surface area (Å²) in [7, 11) is 0. The Morgan fingerprint density at radius 2 is 1.88 bits per heavy atom. The van der Waals surface area contributed by atoms with Gasteiger partial charge in [0.05, 0.1) is 5.69 Å². The predicted octanol–water partition coefficient (Wildman–Crippen LogP) is 1.91. The van der Waals surface area contributed by atoms with E-state index in [9.17, 15) is 9.59 Å². The van der Waals surface area contributed by atoms with E-state index in [4.69, 9.17) is 16.2 Å². The number of nitrogen functional groups attached to an aromatic ring is 1. The molecule has 1 heterocycles. The van der Waals surface area contributed by atoms with Gasteiger partial charge >= 0.3 is 11.7 Å². The van der Waals surface area contributed by atoms with Crippen molar-refractivity contribution >= 4 is 11.8 Å². The van der Waals surface area contributed by atoms with E-state index in [0.29, 0.717) is 23.6 Å². The van der Waals surface area contributed by atoms with Crippen molar-refractivity contribution in [2.75, 3.05) is 0 Å². The van der Waals surface area contributed by atoms with Gasteiger partial charge in [-0.2, -0.15) is 9.78 Å². The first-order chi connectivity index (χ1) is 12.5. The zero-order valence-electron chi connectivity index (χ0n) is 14.5. The summed E-state index contributed by atoms with van der Waals surface area (Å²) >= 11 is 0. The molecule has 1 aliphatic rings. The van der Waals surface area contributed by atoms with Gasteiger partial charge < -0.3 is 10.8 Å². The molecule has 0 amide bonds. The van der Waals surface area contributed by atoms with Gasteiger partial charge in [0.2, 0.25) is 0 Å². The first-order valence-corrected chi connectivity index (χ1v) is 8.78. The third-order valence-corrected chi connectivity index (χ3v) is 5.09. The maximum atomic E-state index is 12.7. The molecule has 1 fully saturated rings. The topological polar surface area (TPSA) is 127 Å². The van der Waals surface area contributed by atoms with Crippen LogP contribution in [-0.2, 0) is 4.79 Å². The summed E-state index contributed by atoms with van der Waals surface area (Å²) in [5.41, 5.74) is 6.49. The number of nitrogens with zero attached hydrogens (tertiary/aromatic N) is 3. The van der Waals surface area contributed by atoms with Crippen molar-refractivity contribution in [3.63, 3.8) is 0 Å². The van der Waals surface area contributed by atoms with E-state index in [1.54, 1.807) is 35.2 Å². The van der Waals surface area contributed by atoms with Gasteiger partial charge in [0, 0.05) is 18.0 Å². The number of carboxylic acid groups (broad SMARTS) is 1. The highest BCUT2D eigenvalue weighted by molar-refractivity contribution is 5.95. The molecule has 3 rings (SSSR count). The number of carboxylic acids is 1. The number of amidine groups is 1. The lowest BCUT2D eigenvalue weighted by Gasteiger charge is -2.28. The summed E-state index contributed by atoms with van der Waals surface area (Å²) < 4.78 is 3.02. The van der Waals surface area contributed by atoms with Crippen molar-refractivity contribution in [3.8, 4) is 5.69 Å². The molecule has 0 spiro atoms. The zero-order chi connectivity index (χ0) is 18.7. The number of hydrogen-bond acceptors (Lipinski definition) is 4. The van der Waals surface area contributed by atoms with Crippen molar-refractivity contribution < 1.29 is 9.90 Å². The number of benzene rings is 1. The quantitative estimate of drug-likeness (QED) is 0.537. The van der Waals surface area contributed by atoms with Crippen molar-refractivity contribution in [2.45, 2.75) is 44.6 Å². The Labute approximate surface area is 150 Å². The van der Waals surface area contributed by atoms with Crippen LogP contribution in [0.5, 0.6) is 0 Å². The molecule has 0 unspecified atom stereocenters. The molecule has 1 aliphatic carbocycles. The van der Waals surface area contributed by atoms with Gasteiger partial charge in [0.15, 0.2) is 0 Å². The van der Waals surface area contributed by atoms with Gasteiger partial charge in [-0.05, 0) is 62.3 Å². The number of rotatable bonds is 6. The number of aliphatic carboxylic acids is 1. The van der Waals surface area contributed by atoms with Crippen molar-refractivity contribution in [1.82, 2.24) is 14.3 Å². The lowest BCUT2D eigenvalue weighted by molar-refractivity contribution is -0.137. The number of nitrogens with two attached hydrogens (primary N) is 1. The Morgan fingerprint density at radius 3 is 2.46 bits per heavy atom. The van der Waals surface area contributed by atoms with E-state index in [0.717, 1.165) is 25.7 Å². The van der Waals surface area contributed by atoms with E-state index in [-0.39, 0.29) is 24.0 Å². The van der Waals surface area contributed by atoms with Crippen LogP contribution < -0.4 is 11.4 Å². The molecule has 8 nitrogen and oxygen atoms in total. The Kier molecular flexibility index (Phi) is 5.20. The molecule has 138 valence electrons. The van der Waals surface area contributed by atoms with Crippen LogP contribution in [0.4, 0.5) is 0 Å². The van der Waals surface area contributed by atoms with Gasteiger partial charge in [-0.1, -0.05) is 0 Å². The molecule has 0 saturated heterocycles. The molecule has 1 aromatic heterocycles. The number of nitrogens with one attached hydrogen (secondary N) is 1. The smallest absolute Gasteiger partial charge is 0.350 e. The first-order valence-electron chi connectivity index (χ1n) is 8.78. The highest BCUT2D eigenvalue weighted by atomic mass is 16.4. The Balaban J connectivity index is 1.69. The van der Waals surface area contributed by atoms with Crippen molar-refractivity contribution in [1.29, 1.82) is 5.41 Å². The van der Waals surface area contributed by atoms with Crippen LogP contribution in [0.1, 0.15) is 50.1 Å². The predicted molar refractivity (Wildman–Crippen MR) is 96.7 cm³/mol. The minimum Gasteiger partial charge on any atom is -0.481 e. The van der Waals surface area contributed by atoms with Crippen LogP contribution in [-0.4, -0.2) is 31.3 Å². The fourth-order valence-electron chi connectivity index (χ4n) is 3.56. The Bertz CT molecular complexity index is 844. The molecule has 0 radical (unpaired) electrons. The number of hydrogen-bond donors (Lipinski definition) is 3. The summed E-state index contributed by atoms with van der Waals surface area (Å²) in [6.45, 7) is 0. The van der Waals surface area contributed by atoms with Gasteiger partial charge in [0.1, 0.15) is 12.2 Å². The normalized spacial score (nSPS) is 20.0. The molecule has 4 N–H and O–H groups in total. The lowest BCUT2D eigenvalue weighted by Crippen LogP contribution is -2.29. The highest BCUT2D eigenvalue weighted by Crippen LogP contribution is 2.33. The van der Waals surface area contributed by atoms with Crippen LogP contribution in [0.15, 0.2) is 35.4 Å². The van der Waals surface area contributed by atoms with E-state index in [1.807, 2.05) is 0 Å². The SMILES string of the molecule is N=C(N)c1ccc(-n2ncn(C3CCC(CCC(=O)O)CC3)c2=O)cc1. The largest absolute Gasteiger partial charge is 0.481 e. The fourth-order valence-corrected chi connectivity index (χ4v) is 3.56. The van der Waals surface area contributed by atoms with E-state index in [1.165, 1.54) is 4.68 Å². The second-order valence-electron chi connectivity index (χ2n) is 6.80. The summed E-state index contributed by atoms with van der Waals surface area (Å²) in [6.07, 6.45) is 6.08. The molecule has 0 aliphatic heterocycles. The van der Waals surface area contributed by atoms with Crippen molar-refractivity contribution in [2.24, 2.45) is 11.7 Å². The van der Waals surface area contributed by atoms with E-state index >= 15 is 0 Å². The van der Waals surface area contributed by atoms with Crippen molar-refractivity contribution in [3.05, 3.63) is 46.6 Å². The molecule has 2 aromatic rings. The molecule has 1 aromatic carbocycles. The standard InChI is InChI=1S/C18H23N5O3/c19-17(20)13-4-8-15(9-5-13)23-18(26)22(11-21-23)14-6-1-12(2-7-14)3-10-16(24)25/h4-5,8-9,11-12,14H,1-3,6-7,10H2,(H3,19,20)(H,24,25). The monoisotopic (exact) mass is 357 g/mol. The molecule has 8 heteroatoms. The Morgan fingerprint density at radius 1 is 1.23 bits per heavy atom. The first kappa shape index (κ1) is 17.9. The third kappa shape index (κ3) is 3.84. The molecule has 1 saturated carbocycles. The fraction of sp³-hybridized carbons (Fsp3) is 0.444. The minimum atomic E-state index is -0.750. The summed E-state index contributed by atoms with van der Waals surface area (Å²) in [5.74, 6) is -0.346. The van der Waals surface area contributed by atoms with Gasteiger partial charge in [-0.3, -0.25) is 14.8 Å². The van der Waals surface area contributed by atoms with Gasteiger partial charge in [0.25, 0.3) is 0 Å². The molecule has 0 atom stereocenters. The van der Waals surface area contributed by atoms with Gasteiger partial charge in [-0.25, -0.2) is 4.79 Å². The van der Waals surface area contributed by atoms with Crippen LogP contribution in [0.3, 0.4) is 0 Å². The van der Waals surface area contributed by atoms with Crippen LogP contribution in [0.25, 0.3) is 5.69 Å². The minimum absolute atomic E-state index is 0.0194. The van der Waals surface area contributed by atoms with Crippen LogP contribution in [0.2, 0.25) is 0 Å². The Hall–Kier alpha value is -2.90. The molecule has 26 heavy (non-hydrogen) atoms. The second-order valence-corrected chi connectivity index (χ2v) is 6.80. The van der Waals surface area contributed by atoms with E-state index < -0.39 is 5.97 Å². The summed E-state index contributed by atoms with van der Waals surface area (Å²) in [6, 6.07) is 6.93. The lowest BCUT2D eigenvalue weighted by atomic mass is 9.83. The highest BCUT2D eigenvalue weighted by Gasteiger charge is 2.24. The molecular formula is C18H23N5O3. The average molecular weight is 357 g/mol. The number of carbonyl (C=O) groups is 1. The maximum absolute atomic E-state index is 12.7. The zero-order valence-corrected chi connectivity index (χ0v) is 14.5. The molecular weight excluding hydrogens is 334 g/mol. The average Bonchev–Trinajstić information content (AvgIpc) is 3.02. The number of aromatic nitrogens is 3. The maximum Gasteiger partial charge on any atom is 0.350 e. The summed E-state index contributed by atoms with van der Waals surface area (Å²) in [5, 5.41) is 20.4. The van der Waals surface area contributed by atoms with Gasteiger partial charge in [-0.15, -0.1) is 0 Å².